The van der Waals surface area contributed by atoms with Crippen molar-refractivity contribution in [2.45, 2.75) is 0 Å². The number of carbonyl (C=O) groups is 1. The number of nitrogens with one attached hydrogen (secondary N) is 1. The van der Waals surface area contributed by atoms with Gasteiger partial charge in [0.15, 0.2) is 0 Å². The number of H-pyrrole nitrogens is 1. The van der Waals surface area contributed by atoms with E-state index in [4.69, 9.17) is 5.73 Å². The predicted octanol–water partition coefficient (Wildman–Crippen LogP) is 0.627. The van der Waals surface area contributed by atoms with E-state index < -0.39 is 5.91 Å². The van der Waals surface area contributed by atoms with Crippen LogP contribution in [-0.4, -0.2) is 10.9 Å². The lowest BCUT2D eigenvalue weighted by atomic mass is 10.1. The fourth-order valence-electron chi connectivity index (χ4n) is 1.35. The third kappa shape index (κ3) is 1.26. The first-order valence-corrected chi connectivity index (χ1v) is 4.10. The smallest absolute Gasteiger partial charge is 0.255 e. The molecule has 0 atom stereocenters. The average Bonchev–Trinajstić information content (AvgIpc) is 2.17. The van der Waals surface area contributed by atoms with Crippen LogP contribution in [0.2, 0.25) is 0 Å². The Bertz CT molecular complexity index is 557. The zero-order valence-corrected chi connectivity index (χ0v) is 7.28. The third-order valence-electron chi connectivity index (χ3n) is 2.06. The standard InChI is InChI=1S/C10H8N2O2/c11-9(13)7-1-2-8-6(5-7)3-4-12-10(8)14/h1-5H,(H2,11,13)(H,12,14). The van der Waals surface area contributed by atoms with Crippen LogP contribution in [0.15, 0.2) is 35.3 Å². The van der Waals surface area contributed by atoms with Gasteiger partial charge in [-0.05, 0) is 29.7 Å². The zero-order chi connectivity index (χ0) is 10.1. The molecule has 4 heteroatoms. The van der Waals surface area contributed by atoms with Gasteiger partial charge in [-0.3, -0.25) is 9.59 Å². The Kier molecular flexibility index (Phi) is 1.81. The van der Waals surface area contributed by atoms with Crippen molar-refractivity contribution in [3.63, 3.8) is 0 Å². The Labute approximate surface area is 79.4 Å². The molecule has 1 aromatic heterocycles. The van der Waals surface area contributed by atoms with E-state index in [0.29, 0.717) is 16.3 Å². The first kappa shape index (κ1) is 8.50. The molecule has 2 rings (SSSR count). The second kappa shape index (κ2) is 2.99. The number of fused-ring (bicyclic) bond motifs is 1. The van der Waals surface area contributed by atoms with Crippen molar-refractivity contribution in [2.24, 2.45) is 5.73 Å². The van der Waals surface area contributed by atoms with Gasteiger partial charge in [0.1, 0.15) is 0 Å². The SMILES string of the molecule is NC(=O)c1ccc2c(=O)[nH]ccc2c1. The number of amides is 1. The number of hydrogen-bond donors (Lipinski definition) is 2. The highest BCUT2D eigenvalue weighted by Gasteiger charge is 2.02. The highest BCUT2D eigenvalue weighted by molar-refractivity contribution is 5.97. The number of aromatic nitrogens is 1. The monoisotopic (exact) mass is 188 g/mol. The van der Waals surface area contributed by atoms with Crippen molar-refractivity contribution in [3.8, 4) is 0 Å². The summed E-state index contributed by atoms with van der Waals surface area (Å²) in [6.45, 7) is 0. The lowest BCUT2D eigenvalue weighted by Gasteiger charge is -1.98. The van der Waals surface area contributed by atoms with Crippen molar-refractivity contribution < 1.29 is 4.79 Å². The summed E-state index contributed by atoms with van der Waals surface area (Å²) in [4.78, 5) is 24.7. The van der Waals surface area contributed by atoms with Gasteiger partial charge in [-0.2, -0.15) is 0 Å². The van der Waals surface area contributed by atoms with Crippen LogP contribution < -0.4 is 11.3 Å². The van der Waals surface area contributed by atoms with Crippen molar-refractivity contribution in [3.05, 3.63) is 46.4 Å². The minimum absolute atomic E-state index is 0.168. The van der Waals surface area contributed by atoms with Crippen LogP contribution in [0.3, 0.4) is 0 Å². The van der Waals surface area contributed by atoms with Crippen LogP contribution in [0.5, 0.6) is 0 Å². The second-order valence-electron chi connectivity index (χ2n) is 2.97. The Morgan fingerprint density at radius 3 is 2.79 bits per heavy atom. The fourth-order valence-corrected chi connectivity index (χ4v) is 1.35. The van der Waals surface area contributed by atoms with Gasteiger partial charge in [-0.25, -0.2) is 0 Å². The van der Waals surface area contributed by atoms with E-state index in [0.717, 1.165) is 0 Å². The van der Waals surface area contributed by atoms with E-state index in [1.807, 2.05) is 0 Å². The van der Waals surface area contributed by atoms with Gasteiger partial charge < -0.3 is 10.7 Å². The molecule has 70 valence electrons. The number of carbonyl (C=O) groups excluding carboxylic acids is 1. The summed E-state index contributed by atoms with van der Waals surface area (Å²) in [5.41, 5.74) is 5.36. The van der Waals surface area contributed by atoms with Crippen LogP contribution >= 0.6 is 0 Å². The van der Waals surface area contributed by atoms with E-state index in [2.05, 4.69) is 4.98 Å². The van der Waals surface area contributed by atoms with Gasteiger partial charge in [0.25, 0.3) is 5.56 Å². The maximum Gasteiger partial charge on any atom is 0.255 e. The number of benzene rings is 1. The molecule has 0 saturated heterocycles. The van der Waals surface area contributed by atoms with E-state index in [1.54, 1.807) is 24.3 Å². The van der Waals surface area contributed by atoms with Gasteiger partial charge >= 0.3 is 0 Å². The maximum atomic E-state index is 11.3. The molecule has 14 heavy (non-hydrogen) atoms. The molecule has 1 heterocycles. The summed E-state index contributed by atoms with van der Waals surface area (Å²) in [5.74, 6) is -0.493. The molecule has 0 bridgehead atoms. The van der Waals surface area contributed by atoms with E-state index in [9.17, 15) is 9.59 Å². The Morgan fingerprint density at radius 2 is 2.07 bits per heavy atom. The van der Waals surface area contributed by atoms with Crippen molar-refractivity contribution in [1.82, 2.24) is 4.98 Å². The second-order valence-corrected chi connectivity index (χ2v) is 2.97. The minimum Gasteiger partial charge on any atom is -0.366 e. The van der Waals surface area contributed by atoms with Gasteiger partial charge in [0.05, 0.1) is 0 Å². The highest BCUT2D eigenvalue weighted by Crippen LogP contribution is 2.10. The van der Waals surface area contributed by atoms with Crippen LogP contribution in [0.1, 0.15) is 10.4 Å². The molecular weight excluding hydrogens is 180 g/mol. The molecule has 0 aliphatic rings. The number of primary amides is 1. The largest absolute Gasteiger partial charge is 0.366 e. The number of pyridine rings is 1. The molecule has 1 amide bonds. The van der Waals surface area contributed by atoms with Crippen LogP contribution in [0.25, 0.3) is 10.8 Å². The lowest BCUT2D eigenvalue weighted by molar-refractivity contribution is 0.100. The summed E-state index contributed by atoms with van der Waals surface area (Å²) >= 11 is 0. The Morgan fingerprint density at radius 1 is 1.29 bits per heavy atom. The topological polar surface area (TPSA) is 76.0 Å². The quantitative estimate of drug-likeness (QED) is 0.688. The maximum absolute atomic E-state index is 11.3. The predicted molar refractivity (Wildman–Crippen MR) is 53.1 cm³/mol. The molecule has 0 aliphatic heterocycles. The van der Waals surface area contributed by atoms with Crippen molar-refractivity contribution in [1.29, 1.82) is 0 Å². The molecule has 0 fully saturated rings. The molecule has 0 saturated carbocycles. The van der Waals surface area contributed by atoms with Gasteiger partial charge in [-0.15, -0.1) is 0 Å². The molecular formula is C10H8N2O2. The molecule has 3 N–H and O–H groups in total. The normalized spacial score (nSPS) is 10.3. The van der Waals surface area contributed by atoms with Crippen LogP contribution in [0, 0.1) is 0 Å². The number of nitrogens with two attached hydrogens (primary N) is 1. The Balaban J connectivity index is 2.80. The fraction of sp³-hybridized carbons (Fsp3) is 0. The third-order valence-corrected chi connectivity index (χ3v) is 2.06. The first-order chi connectivity index (χ1) is 6.68. The molecule has 2 aromatic rings. The first-order valence-electron chi connectivity index (χ1n) is 4.10. The number of hydrogen-bond acceptors (Lipinski definition) is 2. The molecule has 0 spiro atoms. The molecule has 4 nitrogen and oxygen atoms in total. The number of aromatic amines is 1. The lowest BCUT2D eigenvalue weighted by Crippen LogP contribution is -2.11. The molecule has 0 aliphatic carbocycles. The van der Waals surface area contributed by atoms with E-state index in [-0.39, 0.29) is 5.56 Å². The zero-order valence-electron chi connectivity index (χ0n) is 7.28. The average molecular weight is 188 g/mol. The Hall–Kier alpha value is -2.10. The highest BCUT2D eigenvalue weighted by atomic mass is 16.1. The van der Waals surface area contributed by atoms with Crippen molar-refractivity contribution in [2.75, 3.05) is 0 Å². The summed E-state index contributed by atoms with van der Waals surface area (Å²) in [6, 6.07) is 6.46. The summed E-state index contributed by atoms with van der Waals surface area (Å²) in [5, 5.41) is 1.27. The van der Waals surface area contributed by atoms with Crippen LogP contribution in [0.4, 0.5) is 0 Å². The molecule has 1 aromatic carbocycles. The summed E-state index contributed by atoms with van der Waals surface area (Å²) < 4.78 is 0. The molecule has 0 radical (unpaired) electrons. The van der Waals surface area contributed by atoms with E-state index >= 15 is 0 Å². The van der Waals surface area contributed by atoms with E-state index in [1.165, 1.54) is 6.20 Å². The number of rotatable bonds is 1. The van der Waals surface area contributed by atoms with Crippen molar-refractivity contribution >= 4 is 16.7 Å². The minimum atomic E-state index is -0.493. The molecule has 0 unspecified atom stereocenters. The van der Waals surface area contributed by atoms with Gasteiger partial charge in [-0.1, -0.05) is 0 Å². The van der Waals surface area contributed by atoms with Crippen LogP contribution in [-0.2, 0) is 0 Å². The summed E-state index contributed by atoms with van der Waals surface area (Å²) in [7, 11) is 0. The summed E-state index contributed by atoms with van der Waals surface area (Å²) in [6.07, 6.45) is 1.54. The van der Waals surface area contributed by atoms with Gasteiger partial charge in [0, 0.05) is 17.1 Å². The van der Waals surface area contributed by atoms with Gasteiger partial charge in [0.2, 0.25) is 5.91 Å².